The molecular weight excluding hydrogens is 266 g/mol. The van der Waals surface area contributed by atoms with Gasteiger partial charge in [0.1, 0.15) is 6.54 Å². The third-order valence-corrected chi connectivity index (χ3v) is 2.80. The number of rotatable bonds is 4. The van der Waals surface area contributed by atoms with E-state index in [1.807, 2.05) is 6.92 Å². The molecule has 6 nitrogen and oxygen atoms in total. The molecule has 19 heavy (non-hydrogen) atoms. The molecule has 0 unspecified atom stereocenters. The van der Waals surface area contributed by atoms with E-state index in [4.69, 9.17) is 17.3 Å². The zero-order chi connectivity index (χ0) is 13.8. The smallest absolute Gasteiger partial charge is 0.246 e. The topological polar surface area (TPSA) is 85.8 Å². The highest BCUT2D eigenvalue weighted by Gasteiger charge is 2.07. The molecule has 1 amide bonds. The molecule has 0 saturated carbocycles. The predicted octanol–water partition coefficient (Wildman–Crippen LogP) is 1.34. The number of carbonyl (C=O) groups is 1. The number of hydrogen-bond acceptors (Lipinski definition) is 4. The SMILES string of the molecule is Cc1cc(Cl)ccc1NC(=O)Cn1cc(CN)nn1. The number of anilines is 1. The average Bonchev–Trinajstić information content (AvgIpc) is 2.80. The Morgan fingerprint density at radius 2 is 2.32 bits per heavy atom. The Hall–Kier alpha value is -1.92. The molecule has 1 aromatic carbocycles. The second-order valence-electron chi connectivity index (χ2n) is 4.12. The fourth-order valence-electron chi connectivity index (χ4n) is 1.61. The Balaban J connectivity index is 2.01. The third kappa shape index (κ3) is 3.52. The van der Waals surface area contributed by atoms with Crippen LogP contribution < -0.4 is 11.1 Å². The van der Waals surface area contributed by atoms with Crippen LogP contribution in [0, 0.1) is 6.92 Å². The highest BCUT2D eigenvalue weighted by Crippen LogP contribution is 2.19. The number of aromatic nitrogens is 3. The summed E-state index contributed by atoms with van der Waals surface area (Å²) in [5.74, 6) is -0.182. The van der Waals surface area contributed by atoms with Gasteiger partial charge in [0.15, 0.2) is 0 Å². The van der Waals surface area contributed by atoms with Gasteiger partial charge in [0.25, 0.3) is 0 Å². The first-order valence-electron chi connectivity index (χ1n) is 5.73. The van der Waals surface area contributed by atoms with Crippen LogP contribution in [0.15, 0.2) is 24.4 Å². The molecule has 0 radical (unpaired) electrons. The summed E-state index contributed by atoms with van der Waals surface area (Å²) in [6, 6.07) is 5.29. The highest BCUT2D eigenvalue weighted by atomic mass is 35.5. The summed E-state index contributed by atoms with van der Waals surface area (Å²) in [5.41, 5.74) is 7.71. The molecule has 3 N–H and O–H groups in total. The Labute approximate surface area is 115 Å². The van der Waals surface area contributed by atoms with E-state index in [2.05, 4.69) is 15.6 Å². The van der Waals surface area contributed by atoms with E-state index < -0.39 is 0 Å². The van der Waals surface area contributed by atoms with E-state index in [-0.39, 0.29) is 12.5 Å². The molecule has 100 valence electrons. The van der Waals surface area contributed by atoms with E-state index in [1.54, 1.807) is 24.4 Å². The maximum Gasteiger partial charge on any atom is 0.246 e. The van der Waals surface area contributed by atoms with Crippen LogP contribution in [0.2, 0.25) is 5.02 Å². The molecule has 2 aromatic rings. The summed E-state index contributed by atoms with van der Waals surface area (Å²) in [5, 5.41) is 11.1. The first kappa shape index (κ1) is 13.5. The van der Waals surface area contributed by atoms with Gasteiger partial charge in [0.05, 0.1) is 11.9 Å². The van der Waals surface area contributed by atoms with E-state index in [9.17, 15) is 4.79 Å². The van der Waals surface area contributed by atoms with Crippen molar-refractivity contribution in [2.45, 2.75) is 20.0 Å². The number of carbonyl (C=O) groups excluding carboxylic acids is 1. The molecule has 0 spiro atoms. The number of halogens is 1. The van der Waals surface area contributed by atoms with Crippen molar-refractivity contribution >= 4 is 23.2 Å². The Kier molecular flexibility index (Phi) is 4.13. The van der Waals surface area contributed by atoms with Gasteiger partial charge in [-0.2, -0.15) is 0 Å². The van der Waals surface area contributed by atoms with Crippen LogP contribution in [0.5, 0.6) is 0 Å². The van der Waals surface area contributed by atoms with E-state index in [0.29, 0.717) is 17.3 Å². The average molecular weight is 280 g/mol. The van der Waals surface area contributed by atoms with Crippen LogP contribution in [0.25, 0.3) is 0 Å². The Bertz CT molecular complexity index is 596. The normalized spacial score (nSPS) is 10.5. The van der Waals surface area contributed by atoms with Gasteiger partial charge in [0.2, 0.25) is 5.91 Å². The third-order valence-electron chi connectivity index (χ3n) is 2.56. The number of amides is 1. The molecule has 2 rings (SSSR count). The maximum atomic E-state index is 11.9. The number of nitrogens with zero attached hydrogens (tertiary/aromatic N) is 3. The van der Waals surface area contributed by atoms with Crippen molar-refractivity contribution in [3.05, 3.63) is 40.7 Å². The van der Waals surface area contributed by atoms with Gasteiger partial charge in [0, 0.05) is 17.3 Å². The largest absolute Gasteiger partial charge is 0.325 e. The molecular formula is C12H14ClN5O. The Morgan fingerprint density at radius 1 is 1.53 bits per heavy atom. The van der Waals surface area contributed by atoms with Gasteiger partial charge in [-0.15, -0.1) is 5.10 Å². The van der Waals surface area contributed by atoms with Crippen LogP contribution >= 0.6 is 11.6 Å². The van der Waals surface area contributed by atoms with Crippen molar-refractivity contribution in [3.63, 3.8) is 0 Å². The summed E-state index contributed by atoms with van der Waals surface area (Å²) in [6.07, 6.45) is 1.65. The van der Waals surface area contributed by atoms with Crippen molar-refractivity contribution in [3.8, 4) is 0 Å². The molecule has 7 heteroatoms. The van der Waals surface area contributed by atoms with Gasteiger partial charge in [-0.1, -0.05) is 16.8 Å². The van der Waals surface area contributed by atoms with Gasteiger partial charge in [-0.25, -0.2) is 4.68 Å². The summed E-state index contributed by atoms with van der Waals surface area (Å²) in [4.78, 5) is 11.9. The zero-order valence-corrected chi connectivity index (χ0v) is 11.2. The lowest BCUT2D eigenvalue weighted by Crippen LogP contribution is -2.19. The molecule has 0 fully saturated rings. The molecule has 1 heterocycles. The summed E-state index contributed by atoms with van der Waals surface area (Å²) in [7, 11) is 0. The number of nitrogens with two attached hydrogens (primary N) is 1. The van der Waals surface area contributed by atoms with Gasteiger partial charge < -0.3 is 11.1 Å². The number of nitrogens with one attached hydrogen (secondary N) is 1. The first-order chi connectivity index (χ1) is 9.08. The lowest BCUT2D eigenvalue weighted by molar-refractivity contribution is -0.116. The van der Waals surface area contributed by atoms with Crippen molar-refractivity contribution in [2.24, 2.45) is 5.73 Å². The number of hydrogen-bond donors (Lipinski definition) is 2. The van der Waals surface area contributed by atoms with Crippen LogP contribution in [-0.2, 0) is 17.9 Å². The van der Waals surface area contributed by atoms with Crippen molar-refractivity contribution in [2.75, 3.05) is 5.32 Å². The second kappa shape index (κ2) is 5.81. The van der Waals surface area contributed by atoms with Crippen LogP contribution in [0.3, 0.4) is 0 Å². The van der Waals surface area contributed by atoms with Crippen LogP contribution in [0.4, 0.5) is 5.69 Å². The molecule has 1 aromatic heterocycles. The molecule has 0 saturated heterocycles. The number of benzene rings is 1. The molecule has 0 aliphatic heterocycles. The number of aryl methyl sites for hydroxylation is 1. The molecule has 0 aliphatic carbocycles. The van der Waals surface area contributed by atoms with Crippen molar-refractivity contribution in [1.29, 1.82) is 0 Å². The standard InChI is InChI=1S/C12H14ClN5O/c1-8-4-9(13)2-3-11(8)15-12(19)7-18-6-10(5-14)16-17-18/h2-4,6H,5,7,14H2,1H3,(H,15,19). The minimum absolute atomic E-state index is 0.0923. The fraction of sp³-hybridized carbons (Fsp3) is 0.250. The lowest BCUT2D eigenvalue weighted by atomic mass is 10.2. The summed E-state index contributed by atoms with van der Waals surface area (Å²) >= 11 is 5.86. The Morgan fingerprint density at radius 3 is 2.95 bits per heavy atom. The van der Waals surface area contributed by atoms with Crippen LogP contribution in [-0.4, -0.2) is 20.9 Å². The zero-order valence-electron chi connectivity index (χ0n) is 10.4. The summed E-state index contributed by atoms with van der Waals surface area (Å²) in [6.45, 7) is 2.27. The molecule has 0 bridgehead atoms. The minimum atomic E-state index is -0.182. The quantitative estimate of drug-likeness (QED) is 0.884. The maximum absolute atomic E-state index is 11.9. The van der Waals surface area contributed by atoms with Gasteiger partial charge in [-0.05, 0) is 30.7 Å². The molecule has 0 aliphatic rings. The fourth-order valence-corrected chi connectivity index (χ4v) is 1.84. The van der Waals surface area contributed by atoms with Crippen molar-refractivity contribution in [1.82, 2.24) is 15.0 Å². The second-order valence-corrected chi connectivity index (χ2v) is 4.56. The lowest BCUT2D eigenvalue weighted by Gasteiger charge is -2.08. The monoisotopic (exact) mass is 279 g/mol. The van der Waals surface area contributed by atoms with Crippen LogP contribution in [0.1, 0.15) is 11.3 Å². The van der Waals surface area contributed by atoms with E-state index in [0.717, 1.165) is 11.3 Å². The minimum Gasteiger partial charge on any atom is -0.325 e. The first-order valence-corrected chi connectivity index (χ1v) is 6.11. The van der Waals surface area contributed by atoms with Gasteiger partial charge >= 0.3 is 0 Å². The summed E-state index contributed by atoms with van der Waals surface area (Å²) < 4.78 is 1.45. The van der Waals surface area contributed by atoms with Crippen molar-refractivity contribution < 1.29 is 4.79 Å². The van der Waals surface area contributed by atoms with Gasteiger partial charge in [-0.3, -0.25) is 4.79 Å². The molecule has 0 atom stereocenters. The predicted molar refractivity (Wildman–Crippen MR) is 72.7 cm³/mol. The van der Waals surface area contributed by atoms with E-state index in [1.165, 1.54) is 4.68 Å². The van der Waals surface area contributed by atoms with E-state index >= 15 is 0 Å². The highest BCUT2D eigenvalue weighted by molar-refractivity contribution is 6.30.